The fraction of sp³-hybridized carbons (Fsp3) is 0.273. The molecule has 1 N–H and O–H groups in total. The second-order valence-electron chi connectivity index (χ2n) is 3.48. The standard InChI is InChI=1S/C11H13NO/c1-8(2)12-11-5-3-4-9-6-13-7-10(9)11/h3-8,12H,1-2H3. The summed E-state index contributed by atoms with van der Waals surface area (Å²) >= 11 is 0. The average molecular weight is 175 g/mol. The molecule has 0 aliphatic carbocycles. The second kappa shape index (κ2) is 3.13. The van der Waals surface area contributed by atoms with Gasteiger partial charge in [0, 0.05) is 22.5 Å². The highest BCUT2D eigenvalue weighted by Gasteiger charge is 2.02. The molecule has 13 heavy (non-hydrogen) atoms. The Morgan fingerprint density at radius 3 is 2.85 bits per heavy atom. The van der Waals surface area contributed by atoms with Crippen molar-refractivity contribution in [1.29, 1.82) is 0 Å². The molecule has 68 valence electrons. The molecule has 0 amide bonds. The monoisotopic (exact) mass is 175 g/mol. The van der Waals surface area contributed by atoms with E-state index in [1.807, 2.05) is 12.1 Å². The molecule has 0 radical (unpaired) electrons. The molecule has 1 aromatic heterocycles. The number of hydrogen-bond donors (Lipinski definition) is 1. The molecule has 1 heterocycles. The third-order valence-electron chi connectivity index (χ3n) is 1.96. The van der Waals surface area contributed by atoms with Crippen molar-refractivity contribution in [2.75, 3.05) is 5.32 Å². The largest absolute Gasteiger partial charge is 0.471 e. The van der Waals surface area contributed by atoms with Gasteiger partial charge in [0.25, 0.3) is 0 Å². The van der Waals surface area contributed by atoms with Crippen LogP contribution in [0.5, 0.6) is 0 Å². The molecule has 2 rings (SSSR count). The predicted molar refractivity (Wildman–Crippen MR) is 55.0 cm³/mol. The van der Waals surface area contributed by atoms with Crippen molar-refractivity contribution in [1.82, 2.24) is 0 Å². The van der Waals surface area contributed by atoms with Crippen LogP contribution in [-0.2, 0) is 0 Å². The molecule has 2 nitrogen and oxygen atoms in total. The molecule has 0 bridgehead atoms. The lowest BCUT2D eigenvalue weighted by Crippen LogP contribution is -2.09. The van der Waals surface area contributed by atoms with Crippen LogP contribution >= 0.6 is 0 Å². The maximum absolute atomic E-state index is 5.15. The van der Waals surface area contributed by atoms with Crippen molar-refractivity contribution in [3.63, 3.8) is 0 Å². The van der Waals surface area contributed by atoms with Crippen molar-refractivity contribution in [2.24, 2.45) is 0 Å². The first kappa shape index (κ1) is 8.17. The Hall–Kier alpha value is -1.44. The fourth-order valence-corrected chi connectivity index (χ4v) is 1.43. The first-order valence-corrected chi connectivity index (χ1v) is 4.49. The first-order valence-electron chi connectivity index (χ1n) is 4.49. The van der Waals surface area contributed by atoms with Crippen molar-refractivity contribution >= 4 is 16.5 Å². The molecule has 1 aromatic carbocycles. The smallest absolute Gasteiger partial charge is 0.100 e. The summed E-state index contributed by atoms with van der Waals surface area (Å²) in [5.74, 6) is 0. The van der Waals surface area contributed by atoms with Crippen molar-refractivity contribution < 1.29 is 4.42 Å². The summed E-state index contributed by atoms with van der Waals surface area (Å²) in [6.07, 6.45) is 3.54. The van der Waals surface area contributed by atoms with Crippen LogP contribution in [-0.4, -0.2) is 6.04 Å². The van der Waals surface area contributed by atoms with Crippen LogP contribution in [0.1, 0.15) is 13.8 Å². The third kappa shape index (κ3) is 1.52. The zero-order chi connectivity index (χ0) is 9.26. The summed E-state index contributed by atoms with van der Waals surface area (Å²) in [4.78, 5) is 0. The molecule has 0 aliphatic heterocycles. The summed E-state index contributed by atoms with van der Waals surface area (Å²) in [7, 11) is 0. The Morgan fingerprint density at radius 1 is 1.23 bits per heavy atom. The van der Waals surface area contributed by atoms with E-state index < -0.39 is 0 Å². The molecule has 0 atom stereocenters. The van der Waals surface area contributed by atoms with Gasteiger partial charge >= 0.3 is 0 Å². The Balaban J connectivity index is 2.48. The Labute approximate surface area is 77.6 Å². The van der Waals surface area contributed by atoms with Crippen molar-refractivity contribution in [2.45, 2.75) is 19.9 Å². The van der Waals surface area contributed by atoms with Gasteiger partial charge in [-0.05, 0) is 19.9 Å². The van der Waals surface area contributed by atoms with E-state index in [-0.39, 0.29) is 0 Å². The maximum atomic E-state index is 5.15. The SMILES string of the molecule is CC(C)Nc1cccc2cocc12. The van der Waals surface area contributed by atoms with E-state index in [1.54, 1.807) is 12.5 Å². The number of nitrogens with one attached hydrogen (secondary N) is 1. The fourth-order valence-electron chi connectivity index (χ4n) is 1.43. The molecule has 0 saturated carbocycles. The predicted octanol–water partition coefficient (Wildman–Crippen LogP) is 3.25. The highest BCUT2D eigenvalue weighted by Crippen LogP contribution is 2.24. The van der Waals surface area contributed by atoms with Crippen LogP contribution in [0.4, 0.5) is 5.69 Å². The van der Waals surface area contributed by atoms with E-state index in [2.05, 4.69) is 25.2 Å². The van der Waals surface area contributed by atoms with Crippen LogP contribution < -0.4 is 5.32 Å². The summed E-state index contributed by atoms with van der Waals surface area (Å²) in [6.45, 7) is 4.25. The lowest BCUT2D eigenvalue weighted by Gasteiger charge is -2.10. The zero-order valence-corrected chi connectivity index (χ0v) is 7.87. The average Bonchev–Trinajstić information content (AvgIpc) is 2.51. The Bertz CT molecular complexity index is 403. The van der Waals surface area contributed by atoms with E-state index in [1.165, 1.54) is 0 Å². The zero-order valence-electron chi connectivity index (χ0n) is 7.87. The van der Waals surface area contributed by atoms with E-state index in [0.717, 1.165) is 16.5 Å². The highest BCUT2D eigenvalue weighted by atomic mass is 16.3. The number of benzene rings is 1. The molecule has 0 unspecified atom stereocenters. The van der Waals surface area contributed by atoms with Gasteiger partial charge in [-0.15, -0.1) is 0 Å². The van der Waals surface area contributed by atoms with Gasteiger partial charge in [0.2, 0.25) is 0 Å². The lowest BCUT2D eigenvalue weighted by molar-refractivity contribution is 0.572. The van der Waals surface area contributed by atoms with Gasteiger partial charge in [-0.3, -0.25) is 0 Å². The lowest BCUT2D eigenvalue weighted by atomic mass is 10.2. The number of anilines is 1. The van der Waals surface area contributed by atoms with Crippen LogP contribution in [0.15, 0.2) is 35.1 Å². The summed E-state index contributed by atoms with van der Waals surface area (Å²) in [5.41, 5.74) is 1.14. The van der Waals surface area contributed by atoms with Crippen LogP contribution in [0.25, 0.3) is 10.8 Å². The van der Waals surface area contributed by atoms with E-state index in [4.69, 9.17) is 4.42 Å². The van der Waals surface area contributed by atoms with Gasteiger partial charge < -0.3 is 9.73 Å². The molecule has 2 aromatic rings. The van der Waals surface area contributed by atoms with Gasteiger partial charge in [0.05, 0.1) is 6.26 Å². The molecule has 2 heteroatoms. The van der Waals surface area contributed by atoms with Gasteiger partial charge in [0.15, 0.2) is 0 Å². The number of furan rings is 1. The normalized spacial score (nSPS) is 11.0. The second-order valence-corrected chi connectivity index (χ2v) is 3.48. The molecule has 0 aliphatic rings. The molecule has 0 spiro atoms. The van der Waals surface area contributed by atoms with Crippen LogP contribution in [0, 0.1) is 0 Å². The minimum Gasteiger partial charge on any atom is -0.471 e. The third-order valence-corrected chi connectivity index (χ3v) is 1.96. The minimum atomic E-state index is 0.445. The maximum Gasteiger partial charge on any atom is 0.100 e. The molecular formula is C11H13NO. The van der Waals surface area contributed by atoms with Crippen LogP contribution in [0.2, 0.25) is 0 Å². The summed E-state index contributed by atoms with van der Waals surface area (Å²) in [6, 6.07) is 6.59. The van der Waals surface area contributed by atoms with Crippen LogP contribution in [0.3, 0.4) is 0 Å². The topological polar surface area (TPSA) is 25.2 Å². The number of hydrogen-bond acceptors (Lipinski definition) is 2. The van der Waals surface area contributed by atoms with Gasteiger partial charge in [0.1, 0.15) is 6.26 Å². The quantitative estimate of drug-likeness (QED) is 0.757. The highest BCUT2D eigenvalue weighted by molar-refractivity contribution is 5.92. The Kier molecular flexibility index (Phi) is 1.97. The first-order chi connectivity index (χ1) is 6.27. The van der Waals surface area contributed by atoms with E-state index >= 15 is 0 Å². The number of rotatable bonds is 2. The molecule has 0 fully saturated rings. The Morgan fingerprint density at radius 2 is 2.08 bits per heavy atom. The van der Waals surface area contributed by atoms with E-state index in [0.29, 0.717) is 6.04 Å². The molecular weight excluding hydrogens is 162 g/mol. The van der Waals surface area contributed by atoms with Crippen molar-refractivity contribution in [3.05, 3.63) is 30.7 Å². The minimum absolute atomic E-state index is 0.445. The number of fused-ring (bicyclic) bond motifs is 1. The van der Waals surface area contributed by atoms with E-state index in [9.17, 15) is 0 Å². The van der Waals surface area contributed by atoms with Gasteiger partial charge in [-0.25, -0.2) is 0 Å². The van der Waals surface area contributed by atoms with Gasteiger partial charge in [-0.2, -0.15) is 0 Å². The summed E-state index contributed by atoms with van der Waals surface area (Å²) in [5, 5.41) is 5.67. The summed E-state index contributed by atoms with van der Waals surface area (Å²) < 4.78 is 5.15. The van der Waals surface area contributed by atoms with Gasteiger partial charge in [-0.1, -0.05) is 12.1 Å². The molecule has 0 saturated heterocycles. The van der Waals surface area contributed by atoms with Crippen molar-refractivity contribution in [3.8, 4) is 0 Å².